The number of nitrogens with zero attached hydrogens (tertiary/aromatic N) is 4. The van der Waals surface area contributed by atoms with Crippen LogP contribution in [0.15, 0.2) is 0 Å². The zero-order valence-corrected chi connectivity index (χ0v) is 6.49. The van der Waals surface area contributed by atoms with Crippen LogP contribution in [0, 0.1) is 0 Å². The lowest BCUT2D eigenvalue weighted by Crippen LogP contribution is -2.30. The van der Waals surface area contributed by atoms with Gasteiger partial charge in [0.25, 0.3) is 0 Å². The summed E-state index contributed by atoms with van der Waals surface area (Å²) in [6.45, 7) is 2.78. The van der Waals surface area contributed by atoms with E-state index in [0.717, 1.165) is 25.5 Å². The van der Waals surface area contributed by atoms with Crippen molar-refractivity contribution in [2.45, 2.75) is 13.1 Å². The maximum atomic E-state index is 5.58. The molecule has 2 heterocycles. The topological polar surface area (TPSA) is 60.0 Å². The fraction of sp³-hybridized carbons (Fsp3) is 0.667. The summed E-state index contributed by atoms with van der Waals surface area (Å²) in [5, 5.41) is 7.75. The molecule has 0 aliphatic carbocycles. The zero-order chi connectivity index (χ0) is 7.84. The zero-order valence-electron chi connectivity index (χ0n) is 6.49. The highest BCUT2D eigenvalue weighted by molar-refractivity contribution is 5.18. The Morgan fingerprint density at radius 2 is 2.18 bits per heavy atom. The van der Waals surface area contributed by atoms with Crippen molar-refractivity contribution in [2.75, 3.05) is 19.3 Å². The van der Waals surface area contributed by atoms with Crippen LogP contribution in [0.2, 0.25) is 0 Å². The highest BCUT2D eigenvalue weighted by Crippen LogP contribution is 2.10. The molecular weight excluding hydrogens is 142 g/mol. The van der Waals surface area contributed by atoms with E-state index in [4.69, 9.17) is 5.73 Å². The van der Waals surface area contributed by atoms with Crippen molar-refractivity contribution < 1.29 is 0 Å². The summed E-state index contributed by atoms with van der Waals surface area (Å²) in [6, 6.07) is 0. The number of nitrogen functional groups attached to an aromatic ring is 1. The summed E-state index contributed by atoms with van der Waals surface area (Å²) in [6.07, 6.45) is 0. The van der Waals surface area contributed by atoms with Gasteiger partial charge in [0.2, 0.25) is 5.95 Å². The van der Waals surface area contributed by atoms with Gasteiger partial charge < -0.3 is 5.73 Å². The van der Waals surface area contributed by atoms with Crippen molar-refractivity contribution in [1.29, 1.82) is 0 Å². The Kier molecular flexibility index (Phi) is 1.32. The minimum atomic E-state index is 0.535. The van der Waals surface area contributed by atoms with Crippen LogP contribution >= 0.6 is 0 Å². The SMILES string of the molecule is CN1CCn2c(N)nnc2C1. The van der Waals surface area contributed by atoms with Gasteiger partial charge in [-0.3, -0.25) is 9.47 Å². The standard InChI is InChI=1S/C6H11N5/c1-10-2-3-11-5(4-10)8-9-6(11)7/h2-4H2,1H3,(H2,7,9). The molecule has 0 aromatic carbocycles. The molecule has 5 heteroatoms. The Hall–Kier alpha value is -1.10. The molecule has 0 unspecified atom stereocenters. The predicted molar refractivity (Wildman–Crippen MR) is 40.8 cm³/mol. The van der Waals surface area contributed by atoms with E-state index in [1.807, 2.05) is 4.57 Å². The van der Waals surface area contributed by atoms with Gasteiger partial charge in [-0.15, -0.1) is 10.2 Å². The number of nitrogens with two attached hydrogens (primary N) is 1. The largest absolute Gasteiger partial charge is 0.368 e. The number of hydrogen-bond acceptors (Lipinski definition) is 4. The van der Waals surface area contributed by atoms with E-state index in [9.17, 15) is 0 Å². The second-order valence-corrected chi connectivity index (χ2v) is 2.86. The number of likely N-dealkylation sites (N-methyl/N-ethyl adjacent to an activating group) is 1. The Balaban J connectivity index is 2.36. The molecule has 0 fully saturated rings. The van der Waals surface area contributed by atoms with E-state index in [1.54, 1.807) is 0 Å². The fourth-order valence-electron chi connectivity index (χ4n) is 1.30. The Bertz CT molecular complexity index is 266. The molecule has 0 saturated heterocycles. The lowest BCUT2D eigenvalue weighted by molar-refractivity contribution is 0.266. The van der Waals surface area contributed by atoms with Gasteiger partial charge in [0.1, 0.15) is 5.82 Å². The van der Waals surface area contributed by atoms with Crippen LogP contribution in [0.25, 0.3) is 0 Å². The molecule has 0 amide bonds. The lowest BCUT2D eigenvalue weighted by Gasteiger charge is -2.22. The molecular formula is C6H11N5. The first-order chi connectivity index (χ1) is 5.27. The molecule has 0 bridgehead atoms. The maximum absolute atomic E-state index is 5.58. The molecule has 1 aliphatic rings. The van der Waals surface area contributed by atoms with Gasteiger partial charge in [0.15, 0.2) is 0 Å². The van der Waals surface area contributed by atoms with E-state index in [2.05, 4.69) is 22.1 Å². The van der Waals surface area contributed by atoms with Crippen LogP contribution in [0.5, 0.6) is 0 Å². The quantitative estimate of drug-likeness (QED) is 0.535. The number of aromatic nitrogens is 3. The molecule has 1 aromatic rings. The van der Waals surface area contributed by atoms with Crippen molar-refractivity contribution in [3.63, 3.8) is 0 Å². The van der Waals surface area contributed by atoms with Crippen LogP contribution in [0.3, 0.4) is 0 Å². The summed E-state index contributed by atoms with van der Waals surface area (Å²) < 4.78 is 1.96. The van der Waals surface area contributed by atoms with E-state index >= 15 is 0 Å². The summed E-state index contributed by atoms with van der Waals surface area (Å²) in [4.78, 5) is 2.20. The van der Waals surface area contributed by atoms with E-state index in [-0.39, 0.29) is 0 Å². The predicted octanol–water partition coefficient (Wildman–Crippen LogP) is -0.694. The van der Waals surface area contributed by atoms with Crippen molar-refractivity contribution in [2.24, 2.45) is 0 Å². The molecule has 1 aromatic heterocycles. The average Bonchev–Trinajstić information content (AvgIpc) is 2.32. The number of fused-ring (bicyclic) bond motifs is 1. The Morgan fingerprint density at radius 3 is 3.00 bits per heavy atom. The van der Waals surface area contributed by atoms with Gasteiger partial charge in [-0.2, -0.15) is 0 Å². The van der Waals surface area contributed by atoms with Crippen molar-refractivity contribution in [1.82, 2.24) is 19.7 Å². The van der Waals surface area contributed by atoms with Gasteiger partial charge >= 0.3 is 0 Å². The second kappa shape index (κ2) is 2.20. The minimum Gasteiger partial charge on any atom is -0.368 e. The molecule has 0 saturated carbocycles. The van der Waals surface area contributed by atoms with Gasteiger partial charge in [-0.05, 0) is 7.05 Å². The number of hydrogen-bond donors (Lipinski definition) is 1. The fourth-order valence-corrected chi connectivity index (χ4v) is 1.30. The summed E-state index contributed by atoms with van der Waals surface area (Å²) in [7, 11) is 2.06. The number of rotatable bonds is 0. The monoisotopic (exact) mass is 153 g/mol. The molecule has 0 radical (unpaired) electrons. The van der Waals surface area contributed by atoms with Crippen LogP contribution in [-0.4, -0.2) is 33.3 Å². The normalized spacial score (nSPS) is 18.3. The van der Waals surface area contributed by atoms with Gasteiger partial charge in [-0.1, -0.05) is 0 Å². The van der Waals surface area contributed by atoms with Gasteiger partial charge in [-0.25, -0.2) is 0 Å². The van der Waals surface area contributed by atoms with E-state index in [0.29, 0.717) is 5.95 Å². The second-order valence-electron chi connectivity index (χ2n) is 2.86. The third kappa shape index (κ3) is 0.970. The van der Waals surface area contributed by atoms with Crippen LogP contribution < -0.4 is 5.73 Å². The molecule has 1 aliphatic heterocycles. The highest BCUT2D eigenvalue weighted by Gasteiger charge is 2.16. The number of anilines is 1. The van der Waals surface area contributed by atoms with Crippen molar-refractivity contribution in [3.05, 3.63) is 5.82 Å². The Labute approximate surface area is 64.8 Å². The first-order valence-corrected chi connectivity index (χ1v) is 3.63. The summed E-state index contributed by atoms with van der Waals surface area (Å²) in [5.41, 5.74) is 5.58. The Morgan fingerprint density at radius 1 is 1.36 bits per heavy atom. The van der Waals surface area contributed by atoms with Gasteiger partial charge in [0, 0.05) is 13.1 Å². The van der Waals surface area contributed by atoms with Gasteiger partial charge in [0.05, 0.1) is 6.54 Å². The van der Waals surface area contributed by atoms with E-state index in [1.165, 1.54) is 0 Å². The molecule has 2 N–H and O–H groups in total. The van der Waals surface area contributed by atoms with Crippen molar-refractivity contribution in [3.8, 4) is 0 Å². The van der Waals surface area contributed by atoms with E-state index < -0.39 is 0 Å². The molecule has 2 rings (SSSR count). The summed E-state index contributed by atoms with van der Waals surface area (Å²) >= 11 is 0. The third-order valence-corrected chi connectivity index (χ3v) is 1.97. The first-order valence-electron chi connectivity index (χ1n) is 3.63. The van der Waals surface area contributed by atoms with Crippen LogP contribution in [-0.2, 0) is 13.1 Å². The minimum absolute atomic E-state index is 0.535. The molecule has 0 atom stereocenters. The lowest BCUT2D eigenvalue weighted by atomic mass is 10.4. The highest BCUT2D eigenvalue weighted by atomic mass is 15.4. The van der Waals surface area contributed by atoms with Crippen LogP contribution in [0.1, 0.15) is 5.82 Å². The molecule has 5 nitrogen and oxygen atoms in total. The summed E-state index contributed by atoms with van der Waals surface area (Å²) in [5.74, 6) is 1.50. The molecule has 60 valence electrons. The first kappa shape index (κ1) is 6.60. The molecule has 11 heavy (non-hydrogen) atoms. The third-order valence-electron chi connectivity index (χ3n) is 1.97. The molecule has 0 spiro atoms. The van der Waals surface area contributed by atoms with Crippen LogP contribution in [0.4, 0.5) is 5.95 Å². The maximum Gasteiger partial charge on any atom is 0.222 e. The van der Waals surface area contributed by atoms with Crippen molar-refractivity contribution >= 4 is 5.95 Å². The smallest absolute Gasteiger partial charge is 0.222 e. The average molecular weight is 153 g/mol.